The van der Waals surface area contributed by atoms with E-state index in [1.165, 1.54) is 17.6 Å². The highest BCUT2D eigenvalue weighted by molar-refractivity contribution is 6.30. The second-order valence-electron chi connectivity index (χ2n) is 13.7. The van der Waals surface area contributed by atoms with Crippen molar-refractivity contribution in [3.8, 4) is 0 Å². The molecule has 3 fully saturated rings. The molecule has 3 saturated heterocycles. The molecule has 4 heterocycles. The molecule has 5 aliphatic rings. The Morgan fingerprint density at radius 1 is 1.00 bits per heavy atom. The SMILES string of the molecule is CC1(C)CCC(CN2C[C@@H]3C[C@H]2CN3C(=O)c2ccc3c(c2)CN(C2CCC(=O)NC2=O)C3)=C(c2ccc(Cl)cc2)C1. The summed E-state index contributed by atoms with van der Waals surface area (Å²) in [4.78, 5) is 44.5. The van der Waals surface area contributed by atoms with E-state index in [1.807, 2.05) is 30.3 Å². The molecule has 7 nitrogen and oxygen atoms in total. The molecule has 1 aliphatic carbocycles. The highest BCUT2D eigenvalue weighted by Crippen LogP contribution is 2.44. The number of likely N-dealkylation sites (tertiary alicyclic amines) is 2. The van der Waals surface area contributed by atoms with E-state index in [0.717, 1.165) is 60.6 Å². The molecule has 2 bridgehead atoms. The Kier molecular flexibility index (Phi) is 7.03. The first kappa shape index (κ1) is 27.8. The van der Waals surface area contributed by atoms with Gasteiger partial charge in [-0.2, -0.15) is 0 Å². The first-order valence-electron chi connectivity index (χ1n) is 15.3. The highest BCUT2D eigenvalue weighted by Gasteiger charge is 2.46. The fourth-order valence-electron chi connectivity index (χ4n) is 7.87. The van der Waals surface area contributed by atoms with Gasteiger partial charge < -0.3 is 4.90 Å². The van der Waals surface area contributed by atoms with Crippen molar-refractivity contribution < 1.29 is 14.4 Å². The first-order chi connectivity index (χ1) is 20.1. The highest BCUT2D eigenvalue weighted by atomic mass is 35.5. The topological polar surface area (TPSA) is 73.0 Å². The van der Waals surface area contributed by atoms with E-state index >= 15 is 0 Å². The van der Waals surface area contributed by atoms with Gasteiger partial charge in [0.25, 0.3) is 5.91 Å². The van der Waals surface area contributed by atoms with Gasteiger partial charge in [0.2, 0.25) is 11.8 Å². The van der Waals surface area contributed by atoms with E-state index < -0.39 is 0 Å². The lowest BCUT2D eigenvalue weighted by atomic mass is 9.72. The summed E-state index contributed by atoms with van der Waals surface area (Å²) in [7, 11) is 0. The van der Waals surface area contributed by atoms with Crippen LogP contribution in [0.2, 0.25) is 5.02 Å². The molecule has 0 saturated carbocycles. The standard InChI is InChI=1S/C34H39ClN4O3/c1-34(2)12-11-24(29(15-34)21-5-7-26(35)8-6-21)17-37-19-28-14-27(37)20-39(28)33(42)22-3-4-23-16-38(18-25(23)13-22)30-9-10-31(40)36-32(30)41/h3-8,13,27-28,30H,9-12,14-20H2,1-2H3,(H,36,40,41)/t27-,28-,30?/m0/s1. The Balaban J connectivity index is 1.02. The van der Waals surface area contributed by atoms with Gasteiger partial charge in [-0.25, -0.2) is 0 Å². The van der Waals surface area contributed by atoms with Crippen LogP contribution in [-0.2, 0) is 22.7 Å². The van der Waals surface area contributed by atoms with Crippen LogP contribution in [0.5, 0.6) is 0 Å². The Labute approximate surface area is 252 Å². The lowest BCUT2D eigenvalue weighted by molar-refractivity contribution is -0.137. The summed E-state index contributed by atoms with van der Waals surface area (Å²) in [5, 5.41) is 3.24. The van der Waals surface area contributed by atoms with Gasteiger partial charge in [0, 0.05) is 61.8 Å². The van der Waals surface area contributed by atoms with Gasteiger partial charge >= 0.3 is 0 Å². The van der Waals surface area contributed by atoms with Gasteiger partial charge in [0.1, 0.15) is 0 Å². The lowest BCUT2D eigenvalue weighted by Crippen LogP contribution is -2.50. The smallest absolute Gasteiger partial charge is 0.254 e. The summed E-state index contributed by atoms with van der Waals surface area (Å²) >= 11 is 6.20. The zero-order valence-corrected chi connectivity index (χ0v) is 25.3. The molecule has 0 radical (unpaired) electrons. The molecule has 1 N–H and O–H groups in total. The van der Waals surface area contributed by atoms with Gasteiger partial charge in [-0.1, -0.05) is 49.2 Å². The molecule has 3 amide bonds. The van der Waals surface area contributed by atoms with Crippen LogP contribution in [0.15, 0.2) is 48.0 Å². The van der Waals surface area contributed by atoms with Gasteiger partial charge in [-0.3, -0.25) is 29.5 Å². The van der Waals surface area contributed by atoms with E-state index in [-0.39, 0.29) is 29.8 Å². The van der Waals surface area contributed by atoms with Gasteiger partial charge in [0.15, 0.2) is 0 Å². The average Bonchev–Trinajstić information content (AvgIpc) is 3.68. The van der Waals surface area contributed by atoms with Crippen LogP contribution in [0.1, 0.15) is 79.4 Å². The Morgan fingerprint density at radius 3 is 2.52 bits per heavy atom. The number of nitrogens with one attached hydrogen (secondary N) is 1. The lowest BCUT2D eigenvalue weighted by Gasteiger charge is -2.38. The minimum atomic E-state index is -0.292. The number of carbonyl (C=O) groups excluding carboxylic acids is 3. The van der Waals surface area contributed by atoms with E-state index in [0.29, 0.717) is 37.4 Å². The number of hydrogen-bond acceptors (Lipinski definition) is 5. The van der Waals surface area contributed by atoms with Crippen molar-refractivity contribution in [1.29, 1.82) is 0 Å². The summed E-state index contributed by atoms with van der Waals surface area (Å²) in [5.74, 6) is -0.286. The van der Waals surface area contributed by atoms with Gasteiger partial charge in [0.05, 0.1) is 6.04 Å². The van der Waals surface area contributed by atoms with E-state index in [2.05, 4.69) is 46.0 Å². The molecular weight excluding hydrogens is 548 g/mol. The van der Waals surface area contributed by atoms with Crippen LogP contribution in [0, 0.1) is 5.41 Å². The number of benzene rings is 2. The molecule has 1 unspecified atom stereocenters. The molecule has 0 aromatic heterocycles. The number of amides is 3. The quantitative estimate of drug-likeness (QED) is 0.498. The number of allylic oxidation sites excluding steroid dienone is 1. The number of nitrogens with zero attached hydrogens (tertiary/aromatic N) is 3. The minimum Gasteiger partial charge on any atom is -0.333 e. The normalized spacial score (nSPS) is 27.5. The van der Waals surface area contributed by atoms with Crippen molar-refractivity contribution in [2.24, 2.45) is 5.41 Å². The second kappa shape index (κ2) is 10.6. The fourth-order valence-corrected chi connectivity index (χ4v) is 8.00. The van der Waals surface area contributed by atoms with Crippen molar-refractivity contribution in [3.63, 3.8) is 0 Å². The second-order valence-corrected chi connectivity index (χ2v) is 14.2. The van der Waals surface area contributed by atoms with E-state index in [1.54, 1.807) is 5.57 Å². The number of rotatable bonds is 5. The maximum atomic E-state index is 13.7. The van der Waals surface area contributed by atoms with Gasteiger partial charge in [-0.05, 0) is 84.0 Å². The molecule has 2 aromatic carbocycles. The molecule has 8 heteroatoms. The maximum Gasteiger partial charge on any atom is 0.254 e. The summed E-state index contributed by atoms with van der Waals surface area (Å²) in [6.07, 6.45) is 5.36. The summed E-state index contributed by atoms with van der Waals surface area (Å²) in [5.41, 5.74) is 7.60. The van der Waals surface area contributed by atoms with Crippen LogP contribution >= 0.6 is 11.6 Å². The number of hydrogen-bond donors (Lipinski definition) is 1. The van der Waals surface area contributed by atoms with E-state index in [9.17, 15) is 14.4 Å². The molecule has 2 aromatic rings. The Hall–Kier alpha value is -3.00. The zero-order chi connectivity index (χ0) is 29.2. The monoisotopic (exact) mass is 586 g/mol. The number of fused-ring (bicyclic) bond motifs is 3. The zero-order valence-electron chi connectivity index (χ0n) is 24.5. The van der Waals surface area contributed by atoms with Crippen molar-refractivity contribution in [2.75, 3.05) is 19.6 Å². The number of piperazine rings is 1. The van der Waals surface area contributed by atoms with Crippen LogP contribution in [-0.4, -0.2) is 70.2 Å². The molecular formula is C34H39ClN4O3. The molecule has 3 atom stereocenters. The summed E-state index contributed by atoms with van der Waals surface area (Å²) < 4.78 is 0. The Bertz CT molecular complexity index is 1480. The predicted octanol–water partition coefficient (Wildman–Crippen LogP) is 5.02. The van der Waals surface area contributed by atoms with Crippen LogP contribution in [0.4, 0.5) is 0 Å². The van der Waals surface area contributed by atoms with Gasteiger partial charge in [-0.15, -0.1) is 0 Å². The van der Waals surface area contributed by atoms with Crippen molar-refractivity contribution >= 4 is 34.9 Å². The number of halogens is 1. The summed E-state index contributed by atoms with van der Waals surface area (Å²) in [6, 6.07) is 14.7. The largest absolute Gasteiger partial charge is 0.333 e. The molecule has 4 aliphatic heterocycles. The van der Waals surface area contributed by atoms with Crippen LogP contribution in [0.25, 0.3) is 5.57 Å². The number of imide groups is 1. The first-order valence-corrected chi connectivity index (χ1v) is 15.7. The fraction of sp³-hybridized carbons (Fsp3) is 0.500. The number of carbonyl (C=O) groups is 3. The average molecular weight is 587 g/mol. The van der Waals surface area contributed by atoms with Crippen LogP contribution in [0.3, 0.4) is 0 Å². The molecule has 0 spiro atoms. The van der Waals surface area contributed by atoms with Crippen molar-refractivity contribution in [3.05, 3.63) is 75.3 Å². The molecule has 42 heavy (non-hydrogen) atoms. The van der Waals surface area contributed by atoms with E-state index in [4.69, 9.17) is 11.6 Å². The van der Waals surface area contributed by atoms with Crippen LogP contribution < -0.4 is 5.32 Å². The summed E-state index contributed by atoms with van der Waals surface area (Å²) in [6.45, 7) is 8.71. The maximum absolute atomic E-state index is 13.7. The van der Waals surface area contributed by atoms with Crippen molar-refractivity contribution in [2.45, 2.75) is 83.6 Å². The van der Waals surface area contributed by atoms with Crippen molar-refractivity contribution in [1.82, 2.24) is 20.0 Å². The Morgan fingerprint density at radius 2 is 1.79 bits per heavy atom. The third-order valence-corrected chi connectivity index (χ3v) is 10.5. The molecule has 7 rings (SSSR count). The minimum absolute atomic E-state index is 0.116. The predicted molar refractivity (Wildman–Crippen MR) is 163 cm³/mol. The number of piperidine rings is 1. The third-order valence-electron chi connectivity index (χ3n) is 10.2. The molecule has 220 valence electrons. The third kappa shape index (κ3) is 5.20.